The van der Waals surface area contributed by atoms with Gasteiger partial charge in [0.05, 0.1) is 23.3 Å². The van der Waals surface area contributed by atoms with Gasteiger partial charge in [-0.1, -0.05) is 11.6 Å². The number of aromatic nitrogens is 3. The summed E-state index contributed by atoms with van der Waals surface area (Å²) >= 11 is 5.93. The van der Waals surface area contributed by atoms with Gasteiger partial charge >= 0.3 is 6.01 Å². The van der Waals surface area contributed by atoms with Crippen molar-refractivity contribution in [3.63, 3.8) is 0 Å². The maximum atomic E-state index is 14.7. The summed E-state index contributed by atoms with van der Waals surface area (Å²) in [5.41, 5.74) is 0.622. The van der Waals surface area contributed by atoms with Gasteiger partial charge in [0.1, 0.15) is 17.9 Å². The number of anilines is 1. The molecule has 4 heterocycles. The van der Waals surface area contributed by atoms with Crippen molar-refractivity contribution in [1.82, 2.24) is 15.0 Å². The molecule has 0 bridgehead atoms. The minimum absolute atomic E-state index is 0.00262. The zero-order valence-corrected chi connectivity index (χ0v) is 15.9. The van der Waals surface area contributed by atoms with E-state index in [1.54, 1.807) is 6.92 Å². The first-order valence-electron chi connectivity index (χ1n) is 9.23. The molecular weight excluding hydrogens is 375 g/mol. The monoisotopic (exact) mass is 396 g/mol. The molecule has 2 atom stereocenters. The van der Waals surface area contributed by atoms with Crippen LogP contribution in [0.1, 0.15) is 31.4 Å². The van der Waals surface area contributed by atoms with Crippen molar-refractivity contribution in [2.75, 3.05) is 31.2 Å². The van der Waals surface area contributed by atoms with E-state index in [0.717, 1.165) is 32.3 Å². The lowest BCUT2D eigenvalue weighted by Gasteiger charge is -2.32. The fraction of sp³-hybridized carbons (Fsp3) is 0.611. The molecule has 2 aliphatic rings. The maximum Gasteiger partial charge on any atom is 0.319 e. The van der Waals surface area contributed by atoms with E-state index in [1.165, 1.54) is 0 Å². The van der Waals surface area contributed by atoms with Crippen molar-refractivity contribution in [2.45, 2.75) is 44.8 Å². The quantitative estimate of drug-likeness (QED) is 0.795. The molecule has 2 saturated heterocycles. The molecule has 0 radical (unpaired) electrons. The SMILES string of the molecule is Cc1nc(Cl)c(F)c2nc(OC[C@H]3CCCO3)nc(N3CCCC(O)C3)c12. The third kappa shape index (κ3) is 3.79. The Bertz CT molecular complexity index is 847. The minimum Gasteiger partial charge on any atom is -0.461 e. The number of β-amino-alcohol motifs (C(OH)–C–C–N with tert-alkyl or cyclic N) is 1. The van der Waals surface area contributed by atoms with Crippen LogP contribution in [0.2, 0.25) is 5.15 Å². The van der Waals surface area contributed by atoms with Crippen LogP contribution < -0.4 is 9.64 Å². The van der Waals surface area contributed by atoms with Gasteiger partial charge in [0.15, 0.2) is 11.0 Å². The van der Waals surface area contributed by atoms with E-state index < -0.39 is 11.9 Å². The summed E-state index contributed by atoms with van der Waals surface area (Å²) in [5, 5.41) is 10.3. The first-order valence-corrected chi connectivity index (χ1v) is 9.61. The predicted molar refractivity (Wildman–Crippen MR) is 99.0 cm³/mol. The van der Waals surface area contributed by atoms with Gasteiger partial charge in [-0.25, -0.2) is 9.37 Å². The Morgan fingerprint density at radius 2 is 2.15 bits per heavy atom. The number of hydrogen-bond donors (Lipinski definition) is 1. The minimum atomic E-state index is -0.694. The van der Waals surface area contributed by atoms with Crippen LogP contribution in [0.15, 0.2) is 0 Å². The fourth-order valence-corrected chi connectivity index (χ4v) is 3.87. The van der Waals surface area contributed by atoms with Gasteiger partial charge in [0, 0.05) is 19.7 Å². The number of ether oxygens (including phenoxy) is 2. The molecule has 2 aromatic rings. The normalized spacial score (nSPS) is 23.2. The van der Waals surface area contributed by atoms with Crippen molar-refractivity contribution in [3.05, 3.63) is 16.7 Å². The van der Waals surface area contributed by atoms with Crippen LogP contribution >= 0.6 is 11.6 Å². The Hall–Kier alpha value is -1.77. The van der Waals surface area contributed by atoms with Crippen LogP contribution in [0.25, 0.3) is 10.9 Å². The molecule has 2 fully saturated rings. The second-order valence-corrected chi connectivity index (χ2v) is 7.40. The van der Waals surface area contributed by atoms with Crippen molar-refractivity contribution in [2.24, 2.45) is 0 Å². The van der Waals surface area contributed by atoms with Gasteiger partial charge in [-0.15, -0.1) is 0 Å². The van der Waals surface area contributed by atoms with E-state index in [1.807, 2.05) is 4.90 Å². The van der Waals surface area contributed by atoms with E-state index in [2.05, 4.69) is 15.0 Å². The van der Waals surface area contributed by atoms with Crippen LogP contribution in [0.5, 0.6) is 6.01 Å². The van der Waals surface area contributed by atoms with Crippen LogP contribution in [0, 0.1) is 12.7 Å². The van der Waals surface area contributed by atoms with Gasteiger partial charge < -0.3 is 19.5 Å². The first kappa shape index (κ1) is 18.6. The van der Waals surface area contributed by atoms with E-state index in [0.29, 0.717) is 36.6 Å². The molecule has 146 valence electrons. The largest absolute Gasteiger partial charge is 0.461 e. The first-order chi connectivity index (χ1) is 13.0. The number of halogens is 2. The molecule has 27 heavy (non-hydrogen) atoms. The van der Waals surface area contributed by atoms with Gasteiger partial charge in [-0.2, -0.15) is 9.97 Å². The van der Waals surface area contributed by atoms with Gasteiger partial charge in [0.25, 0.3) is 0 Å². The number of rotatable bonds is 4. The molecule has 0 aliphatic carbocycles. The molecule has 2 aliphatic heterocycles. The maximum absolute atomic E-state index is 14.7. The van der Waals surface area contributed by atoms with E-state index in [-0.39, 0.29) is 22.8 Å². The molecule has 0 aromatic carbocycles. The van der Waals surface area contributed by atoms with Gasteiger partial charge in [-0.05, 0) is 32.6 Å². The molecule has 0 spiro atoms. The highest BCUT2D eigenvalue weighted by Gasteiger charge is 2.26. The number of aryl methyl sites for hydroxylation is 1. The summed E-state index contributed by atoms with van der Waals surface area (Å²) in [6.45, 7) is 3.90. The second kappa shape index (κ2) is 7.69. The lowest BCUT2D eigenvalue weighted by Crippen LogP contribution is -2.39. The molecule has 2 aromatic heterocycles. The predicted octanol–water partition coefficient (Wildman–Crippen LogP) is 2.64. The molecule has 9 heteroatoms. The number of nitrogens with zero attached hydrogens (tertiary/aromatic N) is 4. The van der Waals surface area contributed by atoms with Crippen LogP contribution in [0.3, 0.4) is 0 Å². The smallest absolute Gasteiger partial charge is 0.319 e. The standard InChI is InChI=1S/C18H22ClFN4O3/c1-10-13-15(14(20)16(19)21-10)22-18(27-9-12-5-3-7-26-12)23-17(13)24-6-2-4-11(25)8-24/h11-12,25H,2-9H2,1H3/t11?,12-/m1/s1. The second-order valence-electron chi connectivity index (χ2n) is 7.04. The van der Waals surface area contributed by atoms with Crippen molar-refractivity contribution in [3.8, 4) is 6.01 Å². The molecule has 0 amide bonds. The number of aliphatic hydroxyl groups is 1. The summed E-state index contributed by atoms with van der Waals surface area (Å²) in [6.07, 6.45) is 3.02. The summed E-state index contributed by atoms with van der Waals surface area (Å²) in [4.78, 5) is 14.8. The third-order valence-corrected chi connectivity index (χ3v) is 5.25. The van der Waals surface area contributed by atoms with E-state index in [4.69, 9.17) is 21.1 Å². The topological polar surface area (TPSA) is 80.6 Å². The highest BCUT2D eigenvalue weighted by molar-refractivity contribution is 6.30. The van der Waals surface area contributed by atoms with Crippen LogP contribution in [-0.2, 0) is 4.74 Å². The molecular formula is C18H22ClFN4O3. The number of aliphatic hydroxyl groups excluding tert-OH is 1. The summed E-state index contributed by atoms with van der Waals surface area (Å²) in [5.74, 6) is -0.179. The van der Waals surface area contributed by atoms with Gasteiger partial charge in [0.2, 0.25) is 0 Å². The van der Waals surface area contributed by atoms with Crippen molar-refractivity contribution in [1.29, 1.82) is 0 Å². The average molecular weight is 397 g/mol. The molecule has 7 nitrogen and oxygen atoms in total. The van der Waals surface area contributed by atoms with Crippen LogP contribution in [0.4, 0.5) is 10.2 Å². The van der Waals surface area contributed by atoms with Gasteiger partial charge in [-0.3, -0.25) is 0 Å². The van der Waals surface area contributed by atoms with Crippen molar-refractivity contribution < 1.29 is 19.0 Å². The number of fused-ring (bicyclic) bond motifs is 1. The number of hydrogen-bond acceptors (Lipinski definition) is 7. The lowest BCUT2D eigenvalue weighted by molar-refractivity contribution is 0.0646. The zero-order chi connectivity index (χ0) is 19.0. The summed E-state index contributed by atoms with van der Waals surface area (Å²) < 4.78 is 26.0. The number of pyridine rings is 1. The lowest BCUT2D eigenvalue weighted by atomic mass is 10.1. The van der Waals surface area contributed by atoms with E-state index >= 15 is 0 Å². The molecule has 4 rings (SSSR count). The molecule has 1 unspecified atom stereocenters. The Kier molecular flexibility index (Phi) is 5.29. The third-order valence-electron chi connectivity index (χ3n) is 5.00. The highest BCUT2D eigenvalue weighted by Crippen LogP contribution is 2.33. The zero-order valence-electron chi connectivity index (χ0n) is 15.1. The average Bonchev–Trinajstić information content (AvgIpc) is 3.17. The fourth-order valence-electron chi connectivity index (χ4n) is 3.65. The Balaban J connectivity index is 1.76. The Morgan fingerprint density at radius 3 is 2.89 bits per heavy atom. The summed E-state index contributed by atoms with van der Waals surface area (Å²) in [6, 6.07) is 0.0774. The van der Waals surface area contributed by atoms with E-state index in [9.17, 15) is 9.50 Å². The van der Waals surface area contributed by atoms with Crippen molar-refractivity contribution >= 4 is 28.3 Å². The molecule has 1 N–H and O–H groups in total. The Labute approximate surface area is 161 Å². The Morgan fingerprint density at radius 1 is 1.30 bits per heavy atom. The summed E-state index contributed by atoms with van der Waals surface area (Å²) in [7, 11) is 0. The molecule has 0 saturated carbocycles. The highest BCUT2D eigenvalue weighted by atomic mass is 35.5. The number of piperidine rings is 1. The van der Waals surface area contributed by atoms with Crippen LogP contribution in [-0.4, -0.2) is 58.6 Å².